The molecule has 1 fully saturated rings. The van der Waals surface area contributed by atoms with Crippen LogP contribution in [-0.4, -0.2) is 28.7 Å². The standard InChI is InChI=1S/C14H22F3NO3/c1-13(2,7-6-11(19)20)18-12(21)9-4-3-5-10(8-9)14(15,16)17/h9-10H,3-8H2,1-2H3,(H,18,21)(H,19,20). The lowest BCUT2D eigenvalue weighted by Crippen LogP contribution is -2.47. The van der Waals surface area contributed by atoms with Gasteiger partial charge in [-0.1, -0.05) is 6.42 Å². The van der Waals surface area contributed by atoms with Gasteiger partial charge in [0.25, 0.3) is 0 Å². The Morgan fingerprint density at radius 2 is 1.86 bits per heavy atom. The van der Waals surface area contributed by atoms with Crippen LogP contribution >= 0.6 is 0 Å². The van der Waals surface area contributed by atoms with Crippen molar-refractivity contribution in [2.24, 2.45) is 11.8 Å². The summed E-state index contributed by atoms with van der Waals surface area (Å²) in [5, 5.41) is 11.3. The third kappa shape index (κ3) is 5.93. The van der Waals surface area contributed by atoms with Crippen LogP contribution in [0.3, 0.4) is 0 Å². The molecule has 1 aliphatic carbocycles. The van der Waals surface area contributed by atoms with Crippen LogP contribution in [0, 0.1) is 11.8 Å². The first-order chi connectivity index (χ1) is 9.51. The summed E-state index contributed by atoms with van der Waals surface area (Å²) >= 11 is 0. The first kappa shape index (κ1) is 17.8. The number of nitrogens with one attached hydrogen (secondary N) is 1. The summed E-state index contributed by atoms with van der Waals surface area (Å²) in [7, 11) is 0. The lowest BCUT2D eigenvalue weighted by atomic mass is 9.80. The van der Waals surface area contributed by atoms with Crippen molar-refractivity contribution >= 4 is 11.9 Å². The first-order valence-corrected chi connectivity index (χ1v) is 7.12. The van der Waals surface area contributed by atoms with Crippen LogP contribution in [0.2, 0.25) is 0 Å². The average molecular weight is 309 g/mol. The molecule has 4 nitrogen and oxygen atoms in total. The molecule has 1 saturated carbocycles. The largest absolute Gasteiger partial charge is 0.481 e. The normalized spacial score (nSPS) is 23.7. The molecule has 1 rings (SSSR count). The van der Waals surface area contributed by atoms with E-state index >= 15 is 0 Å². The summed E-state index contributed by atoms with van der Waals surface area (Å²) in [6.07, 6.45) is -3.37. The lowest BCUT2D eigenvalue weighted by molar-refractivity contribution is -0.186. The maximum atomic E-state index is 12.7. The zero-order valence-corrected chi connectivity index (χ0v) is 12.3. The Kier molecular flexibility index (Phi) is 5.64. The van der Waals surface area contributed by atoms with Crippen LogP contribution < -0.4 is 5.32 Å². The molecule has 1 aliphatic rings. The molecule has 0 bridgehead atoms. The number of amides is 1. The molecule has 0 spiro atoms. The van der Waals surface area contributed by atoms with Gasteiger partial charge in [0, 0.05) is 17.9 Å². The monoisotopic (exact) mass is 309 g/mol. The van der Waals surface area contributed by atoms with Crippen LogP contribution in [0.5, 0.6) is 0 Å². The zero-order chi connectivity index (χ0) is 16.3. The van der Waals surface area contributed by atoms with E-state index in [-0.39, 0.29) is 25.7 Å². The van der Waals surface area contributed by atoms with E-state index in [1.54, 1.807) is 13.8 Å². The molecule has 2 unspecified atom stereocenters. The third-order valence-electron chi connectivity index (χ3n) is 3.93. The molecular formula is C14H22F3NO3. The number of carbonyl (C=O) groups is 2. The molecule has 0 saturated heterocycles. The van der Waals surface area contributed by atoms with Crippen molar-refractivity contribution in [2.75, 3.05) is 0 Å². The summed E-state index contributed by atoms with van der Waals surface area (Å²) in [6.45, 7) is 3.36. The second-order valence-corrected chi connectivity index (χ2v) is 6.37. The van der Waals surface area contributed by atoms with Crippen LogP contribution in [0.25, 0.3) is 0 Å². The maximum absolute atomic E-state index is 12.7. The zero-order valence-electron chi connectivity index (χ0n) is 12.3. The highest BCUT2D eigenvalue weighted by Crippen LogP contribution is 2.40. The molecule has 0 radical (unpaired) electrons. The topological polar surface area (TPSA) is 66.4 Å². The quantitative estimate of drug-likeness (QED) is 0.820. The SMILES string of the molecule is CC(C)(CCC(=O)O)NC(=O)C1CCCC(C(F)(F)F)C1. The highest BCUT2D eigenvalue weighted by atomic mass is 19.4. The van der Waals surface area contributed by atoms with E-state index in [0.29, 0.717) is 12.8 Å². The van der Waals surface area contributed by atoms with Gasteiger partial charge in [0.15, 0.2) is 0 Å². The maximum Gasteiger partial charge on any atom is 0.391 e. The first-order valence-electron chi connectivity index (χ1n) is 7.12. The summed E-state index contributed by atoms with van der Waals surface area (Å²) in [4.78, 5) is 22.7. The Balaban J connectivity index is 2.56. The van der Waals surface area contributed by atoms with Crippen molar-refractivity contribution < 1.29 is 27.9 Å². The fourth-order valence-corrected chi connectivity index (χ4v) is 2.64. The molecule has 0 aliphatic heterocycles. The molecule has 0 heterocycles. The van der Waals surface area contributed by atoms with Crippen LogP contribution in [0.15, 0.2) is 0 Å². The van der Waals surface area contributed by atoms with Gasteiger partial charge >= 0.3 is 12.1 Å². The summed E-state index contributed by atoms with van der Waals surface area (Å²) in [6, 6.07) is 0. The van der Waals surface area contributed by atoms with Crippen LogP contribution in [-0.2, 0) is 9.59 Å². The second-order valence-electron chi connectivity index (χ2n) is 6.37. The van der Waals surface area contributed by atoms with Crippen LogP contribution in [0.1, 0.15) is 52.4 Å². The van der Waals surface area contributed by atoms with Crippen LogP contribution in [0.4, 0.5) is 13.2 Å². The molecule has 0 aromatic carbocycles. The Labute approximate surface area is 122 Å². The molecule has 0 aromatic heterocycles. The van der Waals surface area contributed by atoms with Crippen molar-refractivity contribution in [3.8, 4) is 0 Å². The van der Waals surface area contributed by atoms with Gasteiger partial charge in [0.05, 0.1) is 5.92 Å². The number of hydrogen-bond donors (Lipinski definition) is 2. The van der Waals surface area contributed by atoms with E-state index in [0.717, 1.165) is 0 Å². The van der Waals surface area contributed by atoms with Gasteiger partial charge in [0.2, 0.25) is 5.91 Å². The van der Waals surface area contributed by atoms with Gasteiger partial charge in [0.1, 0.15) is 0 Å². The highest BCUT2D eigenvalue weighted by molar-refractivity contribution is 5.79. The van der Waals surface area contributed by atoms with E-state index < -0.39 is 35.4 Å². The van der Waals surface area contributed by atoms with Gasteiger partial charge in [-0.15, -0.1) is 0 Å². The minimum absolute atomic E-state index is 0.0791. The van der Waals surface area contributed by atoms with E-state index in [1.165, 1.54) is 0 Å². The van der Waals surface area contributed by atoms with Crippen molar-refractivity contribution in [2.45, 2.75) is 64.1 Å². The fraction of sp³-hybridized carbons (Fsp3) is 0.857. The molecule has 122 valence electrons. The Hall–Kier alpha value is -1.27. The van der Waals surface area contributed by atoms with E-state index in [9.17, 15) is 22.8 Å². The molecule has 2 atom stereocenters. The number of alkyl halides is 3. The van der Waals surface area contributed by atoms with Gasteiger partial charge < -0.3 is 10.4 Å². The Morgan fingerprint density at radius 1 is 1.24 bits per heavy atom. The summed E-state index contributed by atoms with van der Waals surface area (Å²) < 4.78 is 38.2. The number of carboxylic acid groups (broad SMARTS) is 1. The molecule has 21 heavy (non-hydrogen) atoms. The average Bonchev–Trinajstić information content (AvgIpc) is 2.35. The number of aliphatic carboxylic acids is 1. The van der Waals surface area contributed by atoms with Gasteiger partial charge in [-0.3, -0.25) is 9.59 Å². The Morgan fingerprint density at radius 3 is 2.38 bits per heavy atom. The van der Waals surface area contributed by atoms with E-state index in [2.05, 4.69) is 5.32 Å². The van der Waals surface area contributed by atoms with Gasteiger partial charge in [-0.2, -0.15) is 13.2 Å². The molecule has 7 heteroatoms. The third-order valence-corrected chi connectivity index (χ3v) is 3.93. The second kappa shape index (κ2) is 6.66. The van der Waals surface area contributed by atoms with Crippen molar-refractivity contribution in [3.63, 3.8) is 0 Å². The predicted molar refractivity (Wildman–Crippen MR) is 70.6 cm³/mol. The number of carboxylic acids is 1. The molecule has 2 N–H and O–H groups in total. The van der Waals surface area contributed by atoms with Crippen molar-refractivity contribution in [1.29, 1.82) is 0 Å². The lowest BCUT2D eigenvalue weighted by Gasteiger charge is -2.33. The molecule has 1 amide bonds. The molecule has 0 aromatic rings. The van der Waals surface area contributed by atoms with Crippen molar-refractivity contribution in [3.05, 3.63) is 0 Å². The number of halogens is 3. The minimum Gasteiger partial charge on any atom is -0.481 e. The molecular weight excluding hydrogens is 287 g/mol. The van der Waals surface area contributed by atoms with E-state index in [1.807, 2.05) is 0 Å². The summed E-state index contributed by atoms with van der Waals surface area (Å²) in [5.74, 6) is -3.43. The number of rotatable bonds is 5. The van der Waals surface area contributed by atoms with E-state index in [4.69, 9.17) is 5.11 Å². The summed E-state index contributed by atoms with van der Waals surface area (Å²) in [5.41, 5.74) is -0.735. The van der Waals surface area contributed by atoms with Gasteiger partial charge in [-0.05, 0) is 39.5 Å². The van der Waals surface area contributed by atoms with Crippen molar-refractivity contribution in [1.82, 2.24) is 5.32 Å². The number of carbonyl (C=O) groups excluding carboxylic acids is 1. The number of hydrogen-bond acceptors (Lipinski definition) is 2. The highest BCUT2D eigenvalue weighted by Gasteiger charge is 2.43. The minimum atomic E-state index is -4.25. The van der Waals surface area contributed by atoms with Gasteiger partial charge in [-0.25, -0.2) is 0 Å². The predicted octanol–water partition coefficient (Wildman–Crippen LogP) is 3.11. The smallest absolute Gasteiger partial charge is 0.391 e. The Bertz CT molecular complexity index is 393. The fourth-order valence-electron chi connectivity index (χ4n) is 2.64.